The van der Waals surface area contributed by atoms with Gasteiger partial charge >= 0.3 is 0 Å². The molecule has 0 amide bonds. The fourth-order valence-electron chi connectivity index (χ4n) is 3.98. The lowest BCUT2D eigenvalue weighted by molar-refractivity contribution is 0.564. The van der Waals surface area contributed by atoms with Crippen molar-refractivity contribution in [1.82, 2.24) is 24.1 Å². The topological polar surface area (TPSA) is 68.3 Å². The number of pyridine rings is 1. The summed E-state index contributed by atoms with van der Waals surface area (Å²) in [4.78, 5) is 19.6. The second-order valence-electron chi connectivity index (χ2n) is 7.76. The highest BCUT2D eigenvalue weighted by molar-refractivity contribution is 7.98. The van der Waals surface area contributed by atoms with E-state index < -0.39 is 0 Å². The SMILES string of the molecule is Cc1cccn2c(=O)cc(CSc3nnc(N4CCCCC4)n3-c3ccccc3)nc12. The van der Waals surface area contributed by atoms with Crippen molar-refractivity contribution in [2.24, 2.45) is 0 Å². The first-order chi connectivity index (χ1) is 15.2. The maximum absolute atomic E-state index is 12.5. The first-order valence-corrected chi connectivity index (χ1v) is 11.6. The minimum Gasteiger partial charge on any atom is -0.341 e. The van der Waals surface area contributed by atoms with Gasteiger partial charge in [-0.05, 0) is 49.9 Å². The third-order valence-corrected chi connectivity index (χ3v) is 6.52. The summed E-state index contributed by atoms with van der Waals surface area (Å²) in [5.74, 6) is 1.43. The lowest BCUT2D eigenvalue weighted by Crippen LogP contribution is -2.31. The molecule has 31 heavy (non-hydrogen) atoms. The molecule has 3 aromatic heterocycles. The molecule has 1 saturated heterocycles. The lowest BCUT2D eigenvalue weighted by Gasteiger charge is -2.27. The molecule has 158 valence electrons. The van der Waals surface area contributed by atoms with Gasteiger partial charge in [0.05, 0.1) is 11.4 Å². The van der Waals surface area contributed by atoms with Crippen molar-refractivity contribution in [3.05, 3.63) is 76.3 Å². The largest absolute Gasteiger partial charge is 0.341 e. The van der Waals surface area contributed by atoms with E-state index in [0.717, 1.165) is 41.1 Å². The number of fused-ring (bicyclic) bond motifs is 1. The maximum Gasteiger partial charge on any atom is 0.258 e. The van der Waals surface area contributed by atoms with E-state index >= 15 is 0 Å². The van der Waals surface area contributed by atoms with Gasteiger partial charge < -0.3 is 4.90 Å². The van der Waals surface area contributed by atoms with Crippen LogP contribution >= 0.6 is 11.8 Å². The Morgan fingerprint density at radius 1 is 1.00 bits per heavy atom. The number of benzene rings is 1. The van der Waals surface area contributed by atoms with E-state index in [4.69, 9.17) is 4.98 Å². The average molecular weight is 433 g/mol. The molecular formula is C23H24N6OS. The highest BCUT2D eigenvalue weighted by Crippen LogP contribution is 2.29. The highest BCUT2D eigenvalue weighted by Gasteiger charge is 2.21. The number of anilines is 1. The predicted octanol–water partition coefficient (Wildman–Crippen LogP) is 3.87. The highest BCUT2D eigenvalue weighted by atomic mass is 32.2. The van der Waals surface area contributed by atoms with E-state index in [2.05, 4.69) is 31.8 Å². The zero-order valence-corrected chi connectivity index (χ0v) is 18.3. The van der Waals surface area contributed by atoms with E-state index in [1.807, 2.05) is 37.3 Å². The summed E-state index contributed by atoms with van der Waals surface area (Å²) in [5, 5.41) is 9.85. The summed E-state index contributed by atoms with van der Waals surface area (Å²) < 4.78 is 3.71. The standard InChI is InChI=1S/C23H24N6OS/c1-17-9-8-14-28-20(30)15-18(24-21(17)28)16-31-23-26-25-22(27-12-6-3-7-13-27)29(23)19-10-4-2-5-11-19/h2,4-5,8-11,14-15H,3,6-7,12-13,16H2,1H3. The number of para-hydroxylation sites is 1. The zero-order chi connectivity index (χ0) is 21.2. The van der Waals surface area contributed by atoms with Crippen molar-refractivity contribution in [1.29, 1.82) is 0 Å². The number of rotatable bonds is 5. The molecule has 5 rings (SSSR count). The molecule has 1 aromatic carbocycles. The molecule has 0 atom stereocenters. The molecule has 4 aromatic rings. The molecule has 0 N–H and O–H groups in total. The molecule has 7 nitrogen and oxygen atoms in total. The fourth-order valence-corrected chi connectivity index (χ4v) is 4.82. The number of nitrogens with zero attached hydrogens (tertiary/aromatic N) is 6. The normalized spacial score (nSPS) is 14.3. The number of thioether (sulfide) groups is 1. The molecule has 0 unspecified atom stereocenters. The van der Waals surface area contributed by atoms with Gasteiger partial charge in [-0.1, -0.05) is 36.0 Å². The van der Waals surface area contributed by atoms with Gasteiger partial charge in [0.15, 0.2) is 5.16 Å². The molecule has 0 aliphatic carbocycles. The Morgan fingerprint density at radius 2 is 1.81 bits per heavy atom. The van der Waals surface area contributed by atoms with E-state index in [1.54, 1.807) is 28.4 Å². The summed E-state index contributed by atoms with van der Waals surface area (Å²) in [6.45, 7) is 3.96. The van der Waals surface area contributed by atoms with Gasteiger partial charge in [-0.25, -0.2) is 4.98 Å². The summed E-state index contributed by atoms with van der Waals surface area (Å²) in [5.41, 5.74) is 3.39. The van der Waals surface area contributed by atoms with Gasteiger partial charge in [0.25, 0.3) is 5.56 Å². The van der Waals surface area contributed by atoms with Crippen LogP contribution in [-0.2, 0) is 5.75 Å². The number of aromatic nitrogens is 5. The van der Waals surface area contributed by atoms with Gasteiger partial charge in [0.1, 0.15) is 5.65 Å². The Labute approximate surface area is 184 Å². The molecule has 1 aliphatic heterocycles. The zero-order valence-electron chi connectivity index (χ0n) is 17.4. The Hall–Kier alpha value is -3.13. The van der Waals surface area contributed by atoms with Crippen molar-refractivity contribution >= 4 is 23.4 Å². The second kappa shape index (κ2) is 8.55. The quantitative estimate of drug-likeness (QED) is 0.446. The van der Waals surface area contributed by atoms with Crippen LogP contribution in [-0.4, -0.2) is 37.2 Å². The van der Waals surface area contributed by atoms with Crippen LogP contribution in [0.3, 0.4) is 0 Å². The minimum absolute atomic E-state index is 0.0668. The van der Waals surface area contributed by atoms with Crippen LogP contribution in [0.15, 0.2) is 64.7 Å². The van der Waals surface area contributed by atoms with Gasteiger partial charge in [0.2, 0.25) is 5.95 Å². The van der Waals surface area contributed by atoms with Crippen LogP contribution < -0.4 is 10.5 Å². The van der Waals surface area contributed by atoms with E-state index in [0.29, 0.717) is 11.4 Å². The molecule has 8 heteroatoms. The lowest BCUT2D eigenvalue weighted by atomic mass is 10.1. The molecule has 0 saturated carbocycles. The molecule has 1 aliphatic rings. The van der Waals surface area contributed by atoms with E-state index in [-0.39, 0.29) is 5.56 Å². The predicted molar refractivity (Wildman–Crippen MR) is 123 cm³/mol. The molecular weight excluding hydrogens is 408 g/mol. The first kappa shape index (κ1) is 19.8. The molecule has 0 radical (unpaired) electrons. The summed E-state index contributed by atoms with van der Waals surface area (Å²) in [7, 11) is 0. The van der Waals surface area contributed by atoms with Crippen molar-refractivity contribution < 1.29 is 0 Å². The van der Waals surface area contributed by atoms with E-state index in [9.17, 15) is 4.79 Å². The number of aryl methyl sites for hydroxylation is 1. The monoisotopic (exact) mass is 432 g/mol. The van der Waals surface area contributed by atoms with Crippen LogP contribution in [0.25, 0.3) is 11.3 Å². The maximum atomic E-state index is 12.5. The fraction of sp³-hybridized carbons (Fsp3) is 0.304. The average Bonchev–Trinajstić information content (AvgIpc) is 3.24. The second-order valence-corrected chi connectivity index (χ2v) is 8.70. The third kappa shape index (κ3) is 3.95. The van der Waals surface area contributed by atoms with Crippen molar-refractivity contribution in [3.8, 4) is 5.69 Å². The molecule has 0 spiro atoms. The minimum atomic E-state index is -0.0668. The van der Waals surface area contributed by atoms with Gasteiger partial charge in [-0.2, -0.15) is 0 Å². The Morgan fingerprint density at radius 3 is 2.61 bits per heavy atom. The van der Waals surface area contributed by atoms with Gasteiger partial charge in [-0.15, -0.1) is 10.2 Å². The van der Waals surface area contributed by atoms with Crippen LogP contribution in [0.5, 0.6) is 0 Å². The summed E-state index contributed by atoms with van der Waals surface area (Å²) in [6, 6.07) is 15.6. The van der Waals surface area contributed by atoms with Crippen molar-refractivity contribution in [2.45, 2.75) is 37.1 Å². The van der Waals surface area contributed by atoms with Gasteiger partial charge in [-0.3, -0.25) is 13.8 Å². The number of hydrogen-bond acceptors (Lipinski definition) is 6. The van der Waals surface area contributed by atoms with Crippen LogP contribution in [0.2, 0.25) is 0 Å². The Bertz CT molecular complexity index is 1260. The smallest absolute Gasteiger partial charge is 0.258 e. The Balaban J connectivity index is 1.48. The Kier molecular flexibility index (Phi) is 5.46. The van der Waals surface area contributed by atoms with Gasteiger partial charge in [0, 0.05) is 31.1 Å². The molecule has 1 fully saturated rings. The van der Waals surface area contributed by atoms with Crippen molar-refractivity contribution in [2.75, 3.05) is 18.0 Å². The van der Waals surface area contributed by atoms with Crippen molar-refractivity contribution in [3.63, 3.8) is 0 Å². The third-order valence-electron chi connectivity index (χ3n) is 5.56. The first-order valence-electron chi connectivity index (χ1n) is 10.6. The number of hydrogen-bond donors (Lipinski definition) is 0. The van der Waals surface area contributed by atoms with E-state index in [1.165, 1.54) is 19.3 Å². The van der Waals surface area contributed by atoms with Crippen LogP contribution in [0.1, 0.15) is 30.5 Å². The molecule has 4 heterocycles. The van der Waals surface area contributed by atoms with Crippen LogP contribution in [0.4, 0.5) is 5.95 Å². The van der Waals surface area contributed by atoms with Crippen LogP contribution in [0, 0.1) is 6.92 Å². The molecule has 0 bridgehead atoms. The number of piperidine rings is 1. The summed E-state index contributed by atoms with van der Waals surface area (Å²) in [6.07, 6.45) is 5.37. The summed E-state index contributed by atoms with van der Waals surface area (Å²) >= 11 is 1.55.